The van der Waals surface area contributed by atoms with E-state index >= 15 is 0 Å². The van der Waals surface area contributed by atoms with Gasteiger partial charge in [0.1, 0.15) is 12.2 Å². The van der Waals surface area contributed by atoms with Crippen molar-refractivity contribution in [3.05, 3.63) is 48.0 Å². The van der Waals surface area contributed by atoms with Crippen molar-refractivity contribution in [2.24, 2.45) is 5.73 Å². The molecule has 0 aliphatic rings. The molecule has 1 heterocycles. The molecule has 0 bridgehead atoms. The van der Waals surface area contributed by atoms with Crippen molar-refractivity contribution in [1.29, 1.82) is 0 Å². The molecule has 0 spiro atoms. The molecule has 1 aromatic heterocycles. The van der Waals surface area contributed by atoms with Gasteiger partial charge in [-0.1, -0.05) is 30.3 Å². The van der Waals surface area contributed by atoms with Crippen LogP contribution in [-0.4, -0.2) is 21.7 Å². The van der Waals surface area contributed by atoms with Gasteiger partial charge in [0.05, 0.1) is 5.92 Å². The Bertz CT molecular complexity index is 368. The third-order valence-electron chi connectivity index (χ3n) is 2.20. The number of nitrogens with zero attached hydrogens (tertiary/aromatic N) is 2. The summed E-state index contributed by atoms with van der Waals surface area (Å²) >= 11 is 0. The monoisotopic (exact) mass is 188 g/mol. The minimum atomic E-state index is 0.110. The van der Waals surface area contributed by atoms with E-state index in [1.165, 1.54) is 6.33 Å². The van der Waals surface area contributed by atoms with E-state index in [9.17, 15) is 0 Å². The van der Waals surface area contributed by atoms with Gasteiger partial charge in [0.25, 0.3) is 0 Å². The normalized spacial score (nSPS) is 12.6. The molecule has 2 aromatic rings. The molecule has 0 amide bonds. The van der Waals surface area contributed by atoms with Crippen molar-refractivity contribution in [2.75, 3.05) is 6.54 Å². The van der Waals surface area contributed by atoms with E-state index < -0.39 is 0 Å². The van der Waals surface area contributed by atoms with Crippen molar-refractivity contribution in [2.45, 2.75) is 5.92 Å². The first-order chi connectivity index (χ1) is 6.92. The molecule has 3 N–H and O–H groups in total. The van der Waals surface area contributed by atoms with Gasteiger partial charge in [0.15, 0.2) is 0 Å². The number of nitrogens with two attached hydrogens (primary N) is 1. The Balaban J connectivity index is 2.31. The number of rotatable bonds is 3. The van der Waals surface area contributed by atoms with E-state index in [4.69, 9.17) is 5.73 Å². The molecule has 14 heavy (non-hydrogen) atoms. The van der Waals surface area contributed by atoms with Gasteiger partial charge in [-0.2, -0.15) is 5.10 Å². The molecular weight excluding hydrogens is 176 g/mol. The number of aromatic amines is 1. The fourth-order valence-electron chi connectivity index (χ4n) is 1.47. The maximum absolute atomic E-state index is 5.71. The van der Waals surface area contributed by atoms with Crippen molar-refractivity contribution >= 4 is 0 Å². The third kappa shape index (κ3) is 1.65. The number of nitrogens with one attached hydrogen (secondary N) is 1. The lowest BCUT2D eigenvalue weighted by Gasteiger charge is -2.11. The van der Waals surface area contributed by atoms with Crippen LogP contribution in [0.1, 0.15) is 17.3 Å². The lowest BCUT2D eigenvalue weighted by atomic mass is 9.99. The maximum Gasteiger partial charge on any atom is 0.137 e. The summed E-state index contributed by atoms with van der Waals surface area (Å²) < 4.78 is 0. The average Bonchev–Trinajstić information content (AvgIpc) is 2.74. The number of hydrogen-bond acceptors (Lipinski definition) is 3. The SMILES string of the molecule is NCC(c1ccccc1)c1ncn[nH]1. The second kappa shape index (κ2) is 4.02. The van der Waals surface area contributed by atoms with Gasteiger partial charge in [-0.15, -0.1) is 0 Å². The van der Waals surface area contributed by atoms with Gasteiger partial charge < -0.3 is 5.73 Å². The van der Waals surface area contributed by atoms with Crippen molar-refractivity contribution < 1.29 is 0 Å². The Morgan fingerprint density at radius 2 is 2.07 bits per heavy atom. The zero-order valence-corrected chi connectivity index (χ0v) is 7.72. The molecule has 72 valence electrons. The highest BCUT2D eigenvalue weighted by atomic mass is 15.2. The highest BCUT2D eigenvalue weighted by Gasteiger charge is 2.14. The smallest absolute Gasteiger partial charge is 0.137 e. The van der Waals surface area contributed by atoms with Crippen LogP contribution in [0.2, 0.25) is 0 Å². The first-order valence-electron chi connectivity index (χ1n) is 4.52. The van der Waals surface area contributed by atoms with Crippen LogP contribution in [0, 0.1) is 0 Å². The zero-order valence-electron chi connectivity index (χ0n) is 7.72. The lowest BCUT2D eigenvalue weighted by Crippen LogP contribution is -2.15. The van der Waals surface area contributed by atoms with E-state index in [2.05, 4.69) is 15.2 Å². The molecule has 0 fully saturated rings. The zero-order chi connectivity index (χ0) is 9.80. The van der Waals surface area contributed by atoms with E-state index in [0.717, 1.165) is 11.4 Å². The highest BCUT2D eigenvalue weighted by molar-refractivity contribution is 5.25. The first-order valence-corrected chi connectivity index (χ1v) is 4.52. The molecule has 2 rings (SSSR count). The molecule has 0 saturated carbocycles. The van der Waals surface area contributed by atoms with Crippen LogP contribution in [0.25, 0.3) is 0 Å². The molecular formula is C10H12N4. The van der Waals surface area contributed by atoms with Crippen LogP contribution in [0.4, 0.5) is 0 Å². The Kier molecular flexibility index (Phi) is 2.55. The third-order valence-corrected chi connectivity index (χ3v) is 2.20. The topological polar surface area (TPSA) is 67.6 Å². The minimum absolute atomic E-state index is 0.110. The average molecular weight is 188 g/mol. The van der Waals surface area contributed by atoms with Gasteiger partial charge >= 0.3 is 0 Å². The van der Waals surface area contributed by atoms with Crippen LogP contribution < -0.4 is 5.73 Å². The highest BCUT2D eigenvalue weighted by Crippen LogP contribution is 2.18. The minimum Gasteiger partial charge on any atom is -0.329 e. The Morgan fingerprint density at radius 3 is 2.64 bits per heavy atom. The molecule has 1 unspecified atom stereocenters. The summed E-state index contributed by atoms with van der Waals surface area (Å²) in [5.41, 5.74) is 6.87. The molecule has 0 aliphatic carbocycles. The molecule has 0 radical (unpaired) electrons. The number of H-pyrrole nitrogens is 1. The molecule has 1 aromatic carbocycles. The van der Waals surface area contributed by atoms with Gasteiger partial charge in [0.2, 0.25) is 0 Å². The Labute approximate surface area is 82.2 Å². The Hall–Kier alpha value is -1.68. The lowest BCUT2D eigenvalue weighted by molar-refractivity contribution is 0.755. The maximum atomic E-state index is 5.71. The first kappa shape index (κ1) is 8.90. The van der Waals surface area contributed by atoms with E-state index in [1.807, 2.05) is 30.3 Å². The molecule has 0 saturated heterocycles. The molecule has 0 aliphatic heterocycles. The van der Waals surface area contributed by atoms with Crippen molar-refractivity contribution in [3.8, 4) is 0 Å². The van der Waals surface area contributed by atoms with E-state index in [1.54, 1.807) is 0 Å². The summed E-state index contributed by atoms with van der Waals surface area (Å²) in [5.74, 6) is 0.928. The summed E-state index contributed by atoms with van der Waals surface area (Å²) in [6.07, 6.45) is 1.50. The molecule has 4 heteroatoms. The summed E-state index contributed by atoms with van der Waals surface area (Å²) in [6, 6.07) is 10.1. The second-order valence-electron chi connectivity index (χ2n) is 3.07. The number of hydrogen-bond donors (Lipinski definition) is 2. The summed E-state index contributed by atoms with van der Waals surface area (Å²) in [4.78, 5) is 4.12. The quantitative estimate of drug-likeness (QED) is 0.751. The Morgan fingerprint density at radius 1 is 1.29 bits per heavy atom. The summed E-state index contributed by atoms with van der Waals surface area (Å²) in [5, 5.41) is 6.67. The predicted octanol–water partition coefficient (Wildman–Crippen LogP) is 0.895. The summed E-state index contributed by atoms with van der Waals surface area (Å²) in [6.45, 7) is 0.527. The molecule has 1 atom stereocenters. The fraction of sp³-hybridized carbons (Fsp3) is 0.200. The van der Waals surface area contributed by atoms with E-state index in [0.29, 0.717) is 6.54 Å². The van der Waals surface area contributed by atoms with Gasteiger partial charge in [-0.05, 0) is 5.56 Å². The summed E-state index contributed by atoms with van der Waals surface area (Å²) in [7, 11) is 0. The van der Waals surface area contributed by atoms with Gasteiger partial charge in [0, 0.05) is 6.54 Å². The second-order valence-corrected chi connectivity index (χ2v) is 3.07. The number of aromatic nitrogens is 3. The van der Waals surface area contributed by atoms with E-state index in [-0.39, 0.29) is 5.92 Å². The van der Waals surface area contributed by atoms with Gasteiger partial charge in [-0.25, -0.2) is 4.98 Å². The van der Waals surface area contributed by atoms with Crippen LogP contribution >= 0.6 is 0 Å². The number of benzene rings is 1. The largest absolute Gasteiger partial charge is 0.329 e. The fourth-order valence-corrected chi connectivity index (χ4v) is 1.47. The van der Waals surface area contributed by atoms with Crippen LogP contribution in [0.15, 0.2) is 36.7 Å². The van der Waals surface area contributed by atoms with Crippen LogP contribution in [0.5, 0.6) is 0 Å². The van der Waals surface area contributed by atoms with Crippen molar-refractivity contribution in [3.63, 3.8) is 0 Å². The van der Waals surface area contributed by atoms with Crippen LogP contribution in [-0.2, 0) is 0 Å². The molecule has 4 nitrogen and oxygen atoms in total. The predicted molar refractivity (Wildman–Crippen MR) is 53.7 cm³/mol. The van der Waals surface area contributed by atoms with Crippen LogP contribution in [0.3, 0.4) is 0 Å². The van der Waals surface area contributed by atoms with Crippen molar-refractivity contribution in [1.82, 2.24) is 15.2 Å². The van der Waals surface area contributed by atoms with Gasteiger partial charge in [-0.3, -0.25) is 5.10 Å². The standard InChI is InChI=1S/C10H12N4/c11-6-9(10-12-7-13-14-10)8-4-2-1-3-5-8/h1-5,7,9H,6,11H2,(H,12,13,14).